The number of hydrogen-bond acceptors (Lipinski definition) is 3. The standard InChI is InChI=1S/C13H28N2O/c1-4-12-6-5-7-15(9-12)10-13(16)8-14-11(2)3/h11-14,16H,4-10H2,1-3H3. The van der Waals surface area contributed by atoms with Gasteiger partial charge in [0.2, 0.25) is 0 Å². The Morgan fingerprint density at radius 2 is 2.19 bits per heavy atom. The van der Waals surface area contributed by atoms with Crippen molar-refractivity contribution < 1.29 is 5.11 Å². The van der Waals surface area contributed by atoms with Crippen LogP contribution in [0, 0.1) is 5.92 Å². The molecular weight excluding hydrogens is 200 g/mol. The van der Waals surface area contributed by atoms with E-state index in [1.54, 1.807) is 0 Å². The molecule has 96 valence electrons. The van der Waals surface area contributed by atoms with Crippen molar-refractivity contribution in [3.05, 3.63) is 0 Å². The van der Waals surface area contributed by atoms with Gasteiger partial charge in [0, 0.05) is 25.7 Å². The number of nitrogens with zero attached hydrogens (tertiary/aromatic N) is 1. The monoisotopic (exact) mass is 228 g/mol. The van der Waals surface area contributed by atoms with Crippen molar-refractivity contribution in [1.29, 1.82) is 0 Å². The van der Waals surface area contributed by atoms with E-state index in [2.05, 4.69) is 31.0 Å². The second-order valence-electron chi connectivity index (χ2n) is 5.39. The van der Waals surface area contributed by atoms with E-state index in [0.29, 0.717) is 12.6 Å². The van der Waals surface area contributed by atoms with Crippen molar-refractivity contribution in [2.75, 3.05) is 26.2 Å². The third-order valence-corrected chi connectivity index (χ3v) is 3.41. The Morgan fingerprint density at radius 1 is 1.44 bits per heavy atom. The molecule has 1 rings (SSSR count). The van der Waals surface area contributed by atoms with Crippen molar-refractivity contribution in [2.45, 2.75) is 52.2 Å². The molecule has 0 aromatic rings. The molecule has 0 spiro atoms. The molecule has 2 N–H and O–H groups in total. The van der Waals surface area contributed by atoms with E-state index in [4.69, 9.17) is 0 Å². The highest BCUT2D eigenvalue weighted by Gasteiger charge is 2.20. The summed E-state index contributed by atoms with van der Waals surface area (Å²) >= 11 is 0. The van der Waals surface area contributed by atoms with E-state index in [-0.39, 0.29) is 6.10 Å². The Bertz CT molecular complexity index is 185. The van der Waals surface area contributed by atoms with Crippen LogP contribution in [-0.2, 0) is 0 Å². The number of aliphatic hydroxyl groups excluding tert-OH is 1. The zero-order valence-electron chi connectivity index (χ0n) is 11.1. The van der Waals surface area contributed by atoms with Crippen LogP contribution in [0.25, 0.3) is 0 Å². The minimum atomic E-state index is -0.224. The van der Waals surface area contributed by atoms with E-state index < -0.39 is 0 Å². The first-order chi connectivity index (χ1) is 7.61. The number of nitrogens with one attached hydrogen (secondary N) is 1. The Kier molecular flexibility index (Phi) is 6.32. The van der Waals surface area contributed by atoms with Gasteiger partial charge >= 0.3 is 0 Å². The first kappa shape index (κ1) is 13.9. The lowest BCUT2D eigenvalue weighted by Crippen LogP contribution is -2.44. The molecule has 1 aliphatic rings. The second-order valence-corrected chi connectivity index (χ2v) is 5.39. The fourth-order valence-electron chi connectivity index (χ4n) is 2.38. The van der Waals surface area contributed by atoms with Crippen LogP contribution in [0.5, 0.6) is 0 Å². The number of rotatable bonds is 6. The lowest BCUT2D eigenvalue weighted by molar-refractivity contribution is 0.0820. The molecule has 3 heteroatoms. The van der Waals surface area contributed by atoms with Gasteiger partial charge in [0.25, 0.3) is 0 Å². The van der Waals surface area contributed by atoms with E-state index >= 15 is 0 Å². The van der Waals surface area contributed by atoms with Crippen LogP contribution < -0.4 is 5.32 Å². The van der Waals surface area contributed by atoms with Crippen LogP contribution in [0.15, 0.2) is 0 Å². The van der Waals surface area contributed by atoms with Gasteiger partial charge in [0.15, 0.2) is 0 Å². The number of likely N-dealkylation sites (tertiary alicyclic amines) is 1. The summed E-state index contributed by atoms with van der Waals surface area (Å²) in [6, 6.07) is 0.458. The van der Waals surface area contributed by atoms with Gasteiger partial charge in [-0.25, -0.2) is 0 Å². The van der Waals surface area contributed by atoms with E-state index in [9.17, 15) is 5.11 Å². The number of β-amino-alcohol motifs (C(OH)–C–C–N with tert-alkyl or cyclic N) is 1. The maximum absolute atomic E-state index is 9.91. The highest BCUT2D eigenvalue weighted by atomic mass is 16.3. The van der Waals surface area contributed by atoms with Gasteiger partial charge in [-0.2, -0.15) is 0 Å². The van der Waals surface area contributed by atoms with Crippen LogP contribution in [0.2, 0.25) is 0 Å². The maximum atomic E-state index is 9.91. The average molecular weight is 228 g/mol. The molecule has 16 heavy (non-hydrogen) atoms. The molecule has 0 aromatic heterocycles. The Hall–Kier alpha value is -0.120. The highest BCUT2D eigenvalue weighted by Crippen LogP contribution is 2.18. The molecule has 1 saturated heterocycles. The van der Waals surface area contributed by atoms with Crippen molar-refractivity contribution in [2.24, 2.45) is 5.92 Å². The van der Waals surface area contributed by atoms with Crippen LogP contribution >= 0.6 is 0 Å². The molecule has 1 heterocycles. The molecular formula is C13H28N2O. The van der Waals surface area contributed by atoms with Gasteiger partial charge in [-0.05, 0) is 25.3 Å². The Morgan fingerprint density at radius 3 is 2.81 bits per heavy atom. The fraction of sp³-hybridized carbons (Fsp3) is 1.00. The summed E-state index contributed by atoms with van der Waals surface area (Å²) in [5.41, 5.74) is 0. The van der Waals surface area contributed by atoms with Crippen molar-refractivity contribution in [1.82, 2.24) is 10.2 Å². The van der Waals surface area contributed by atoms with Gasteiger partial charge in [-0.1, -0.05) is 27.2 Å². The van der Waals surface area contributed by atoms with Gasteiger partial charge in [-0.15, -0.1) is 0 Å². The zero-order chi connectivity index (χ0) is 12.0. The number of aliphatic hydroxyl groups is 1. The molecule has 0 aromatic carbocycles. The molecule has 1 fully saturated rings. The van der Waals surface area contributed by atoms with Gasteiger partial charge in [0.1, 0.15) is 0 Å². The normalized spacial score (nSPS) is 24.9. The Labute approximate surface area is 100 Å². The van der Waals surface area contributed by atoms with E-state index in [0.717, 1.165) is 19.0 Å². The van der Waals surface area contributed by atoms with Crippen molar-refractivity contribution in [3.63, 3.8) is 0 Å². The first-order valence-electron chi connectivity index (χ1n) is 6.75. The minimum Gasteiger partial charge on any atom is -0.390 e. The third kappa shape index (κ3) is 5.28. The molecule has 1 aliphatic heterocycles. The molecule has 0 saturated carbocycles. The van der Waals surface area contributed by atoms with Gasteiger partial charge in [0.05, 0.1) is 6.10 Å². The smallest absolute Gasteiger partial charge is 0.0791 e. The summed E-state index contributed by atoms with van der Waals surface area (Å²) in [7, 11) is 0. The van der Waals surface area contributed by atoms with Crippen LogP contribution in [0.3, 0.4) is 0 Å². The van der Waals surface area contributed by atoms with Crippen LogP contribution in [0.1, 0.15) is 40.0 Å². The number of hydrogen-bond donors (Lipinski definition) is 2. The minimum absolute atomic E-state index is 0.224. The average Bonchev–Trinajstić information content (AvgIpc) is 2.26. The predicted octanol–water partition coefficient (Wildman–Crippen LogP) is 1.47. The maximum Gasteiger partial charge on any atom is 0.0791 e. The molecule has 0 bridgehead atoms. The van der Waals surface area contributed by atoms with Crippen LogP contribution in [-0.4, -0.2) is 48.3 Å². The molecule has 0 radical (unpaired) electrons. The lowest BCUT2D eigenvalue weighted by atomic mass is 9.95. The molecule has 0 aliphatic carbocycles. The summed E-state index contributed by atoms with van der Waals surface area (Å²) in [6.45, 7) is 10.4. The zero-order valence-corrected chi connectivity index (χ0v) is 11.1. The third-order valence-electron chi connectivity index (χ3n) is 3.41. The quantitative estimate of drug-likeness (QED) is 0.722. The van der Waals surface area contributed by atoms with Gasteiger partial charge < -0.3 is 15.3 Å². The highest BCUT2D eigenvalue weighted by molar-refractivity contribution is 4.75. The summed E-state index contributed by atoms with van der Waals surface area (Å²) in [6.07, 6.45) is 3.71. The molecule has 2 unspecified atom stereocenters. The Balaban J connectivity index is 2.19. The topological polar surface area (TPSA) is 35.5 Å². The molecule has 2 atom stereocenters. The van der Waals surface area contributed by atoms with Crippen molar-refractivity contribution >= 4 is 0 Å². The van der Waals surface area contributed by atoms with E-state index in [1.807, 2.05) is 0 Å². The lowest BCUT2D eigenvalue weighted by Gasteiger charge is -2.33. The summed E-state index contributed by atoms with van der Waals surface area (Å²) in [5.74, 6) is 0.846. The fourth-order valence-corrected chi connectivity index (χ4v) is 2.38. The first-order valence-corrected chi connectivity index (χ1v) is 6.75. The molecule has 0 amide bonds. The van der Waals surface area contributed by atoms with Crippen LogP contribution in [0.4, 0.5) is 0 Å². The number of piperidine rings is 1. The summed E-state index contributed by atoms with van der Waals surface area (Å²) in [4.78, 5) is 2.42. The second kappa shape index (κ2) is 7.25. The van der Waals surface area contributed by atoms with Gasteiger partial charge in [-0.3, -0.25) is 0 Å². The van der Waals surface area contributed by atoms with E-state index in [1.165, 1.54) is 25.8 Å². The van der Waals surface area contributed by atoms with Crippen molar-refractivity contribution in [3.8, 4) is 0 Å². The summed E-state index contributed by atoms with van der Waals surface area (Å²) in [5, 5.41) is 13.2. The largest absolute Gasteiger partial charge is 0.390 e. The molecule has 3 nitrogen and oxygen atoms in total. The summed E-state index contributed by atoms with van der Waals surface area (Å²) < 4.78 is 0. The predicted molar refractivity (Wildman–Crippen MR) is 68.6 cm³/mol. The SMILES string of the molecule is CCC1CCCN(CC(O)CNC(C)C)C1.